The van der Waals surface area contributed by atoms with Gasteiger partial charge in [-0.05, 0) is 47.9 Å². The largest absolute Gasteiger partial charge is 0.348 e. The average Bonchev–Trinajstić information content (AvgIpc) is 3.14. The van der Waals surface area contributed by atoms with Crippen molar-refractivity contribution in [1.29, 1.82) is 0 Å². The predicted octanol–water partition coefficient (Wildman–Crippen LogP) is 4.05. The summed E-state index contributed by atoms with van der Waals surface area (Å²) in [6, 6.07) is 20.3. The summed E-state index contributed by atoms with van der Waals surface area (Å²) in [6.45, 7) is 0. The van der Waals surface area contributed by atoms with Crippen molar-refractivity contribution in [3.05, 3.63) is 72.1 Å². The molecule has 0 atom stereocenters. The molecule has 0 saturated carbocycles. The molecule has 102 valence electrons. The second-order valence-electron chi connectivity index (χ2n) is 5.04. The predicted molar refractivity (Wildman–Crippen MR) is 90.4 cm³/mol. The molecule has 2 aromatic carbocycles. The first-order chi connectivity index (χ1) is 10.9. The summed E-state index contributed by atoms with van der Waals surface area (Å²) in [5, 5.41) is 2.32. The van der Waals surface area contributed by atoms with Gasteiger partial charge in [0, 0.05) is 21.8 Å². The van der Waals surface area contributed by atoms with E-state index in [1.165, 1.54) is 0 Å². The SMILES string of the molecule is C(C#Cc1cc2ccccc2[nH]1)#Cc1cc2ccccc2[nH]1. The summed E-state index contributed by atoms with van der Waals surface area (Å²) in [4.78, 5) is 6.53. The molecule has 0 radical (unpaired) electrons. The number of aromatic amines is 2. The monoisotopic (exact) mass is 280 g/mol. The summed E-state index contributed by atoms with van der Waals surface area (Å²) in [5.74, 6) is 11.9. The molecule has 2 N–H and O–H groups in total. The Morgan fingerprint density at radius 1 is 0.591 bits per heavy atom. The zero-order chi connectivity index (χ0) is 14.8. The van der Waals surface area contributed by atoms with E-state index in [0.717, 1.165) is 33.2 Å². The van der Waals surface area contributed by atoms with Crippen LogP contribution in [-0.2, 0) is 0 Å². The van der Waals surface area contributed by atoms with E-state index in [0.29, 0.717) is 0 Å². The van der Waals surface area contributed by atoms with Crippen LogP contribution in [0.15, 0.2) is 60.7 Å². The van der Waals surface area contributed by atoms with E-state index in [9.17, 15) is 0 Å². The molecule has 0 unspecified atom stereocenters. The van der Waals surface area contributed by atoms with Crippen molar-refractivity contribution in [2.75, 3.05) is 0 Å². The Balaban J connectivity index is 1.60. The molecule has 0 spiro atoms. The van der Waals surface area contributed by atoms with E-state index in [-0.39, 0.29) is 0 Å². The van der Waals surface area contributed by atoms with Gasteiger partial charge >= 0.3 is 0 Å². The third kappa shape index (κ3) is 2.35. The molecule has 4 aromatic rings. The van der Waals surface area contributed by atoms with Gasteiger partial charge in [0.25, 0.3) is 0 Å². The summed E-state index contributed by atoms with van der Waals surface area (Å²) >= 11 is 0. The third-order valence-corrected chi connectivity index (χ3v) is 3.52. The Morgan fingerprint density at radius 3 is 1.50 bits per heavy atom. The van der Waals surface area contributed by atoms with E-state index >= 15 is 0 Å². The Hall–Kier alpha value is -3.36. The number of para-hydroxylation sites is 2. The summed E-state index contributed by atoms with van der Waals surface area (Å²) in [5.41, 5.74) is 3.95. The fourth-order valence-corrected chi connectivity index (χ4v) is 2.48. The first-order valence-corrected chi connectivity index (χ1v) is 7.06. The minimum absolute atomic E-state index is 0.882. The number of nitrogens with one attached hydrogen (secondary N) is 2. The van der Waals surface area contributed by atoms with E-state index in [1.807, 2.05) is 48.5 Å². The quantitative estimate of drug-likeness (QED) is 0.455. The van der Waals surface area contributed by atoms with Crippen LogP contribution in [0.25, 0.3) is 21.8 Å². The van der Waals surface area contributed by atoms with E-state index < -0.39 is 0 Å². The summed E-state index contributed by atoms with van der Waals surface area (Å²) < 4.78 is 0. The van der Waals surface area contributed by atoms with Gasteiger partial charge in [-0.25, -0.2) is 0 Å². The maximum atomic E-state index is 3.27. The van der Waals surface area contributed by atoms with Crippen LogP contribution in [0.4, 0.5) is 0 Å². The molecule has 0 aliphatic carbocycles. The number of rotatable bonds is 0. The second kappa shape index (κ2) is 5.20. The van der Waals surface area contributed by atoms with Crippen molar-refractivity contribution >= 4 is 21.8 Å². The number of hydrogen-bond donors (Lipinski definition) is 2. The fraction of sp³-hybridized carbons (Fsp3) is 0. The van der Waals surface area contributed by atoms with E-state index in [2.05, 4.69) is 45.8 Å². The maximum absolute atomic E-state index is 3.27. The van der Waals surface area contributed by atoms with Gasteiger partial charge in [-0.3, -0.25) is 0 Å². The minimum atomic E-state index is 0.882. The standard InChI is InChI=1S/C20H12N2/c1-5-11-19-15(7-1)13-17(21-19)9-3-4-10-18-14-16-8-2-6-12-20(16)22-18/h1-2,5-8,11-14,21-22H. The van der Waals surface area contributed by atoms with Crippen LogP contribution >= 0.6 is 0 Å². The summed E-state index contributed by atoms with van der Waals surface area (Å²) in [7, 11) is 0. The molecule has 0 aliphatic heterocycles. The van der Waals surface area contributed by atoms with E-state index in [4.69, 9.17) is 0 Å². The smallest absolute Gasteiger partial charge is 0.0914 e. The maximum Gasteiger partial charge on any atom is 0.0914 e. The highest BCUT2D eigenvalue weighted by molar-refractivity contribution is 5.82. The van der Waals surface area contributed by atoms with Crippen LogP contribution in [0.3, 0.4) is 0 Å². The Kier molecular flexibility index (Phi) is 2.93. The average molecular weight is 280 g/mol. The van der Waals surface area contributed by atoms with Crippen molar-refractivity contribution in [2.24, 2.45) is 0 Å². The van der Waals surface area contributed by atoms with Gasteiger partial charge in [0.1, 0.15) is 0 Å². The van der Waals surface area contributed by atoms with Crippen LogP contribution in [0.2, 0.25) is 0 Å². The first kappa shape index (κ1) is 12.4. The normalized spacial score (nSPS) is 10.0. The molecule has 0 bridgehead atoms. The highest BCUT2D eigenvalue weighted by Crippen LogP contribution is 2.14. The number of benzene rings is 2. The van der Waals surface area contributed by atoms with Crippen LogP contribution in [0.5, 0.6) is 0 Å². The second-order valence-corrected chi connectivity index (χ2v) is 5.04. The highest BCUT2D eigenvalue weighted by atomic mass is 14.7. The van der Waals surface area contributed by atoms with Crippen molar-refractivity contribution in [1.82, 2.24) is 9.97 Å². The lowest BCUT2D eigenvalue weighted by atomic mass is 10.2. The lowest BCUT2D eigenvalue weighted by Gasteiger charge is -1.83. The molecule has 0 amide bonds. The van der Waals surface area contributed by atoms with Crippen LogP contribution in [0.1, 0.15) is 11.4 Å². The molecule has 2 aromatic heterocycles. The van der Waals surface area contributed by atoms with Gasteiger partial charge in [0.15, 0.2) is 0 Å². The molecular weight excluding hydrogens is 268 g/mol. The Bertz CT molecular complexity index is 932. The lowest BCUT2D eigenvalue weighted by Crippen LogP contribution is -1.72. The Morgan fingerprint density at radius 2 is 1.05 bits per heavy atom. The zero-order valence-electron chi connectivity index (χ0n) is 11.8. The molecule has 22 heavy (non-hydrogen) atoms. The number of H-pyrrole nitrogens is 2. The molecule has 2 nitrogen and oxygen atoms in total. The molecule has 2 heterocycles. The van der Waals surface area contributed by atoms with Gasteiger partial charge in [0.2, 0.25) is 0 Å². The Labute approximate surface area is 128 Å². The summed E-state index contributed by atoms with van der Waals surface area (Å²) in [6.07, 6.45) is 0. The molecular formula is C20H12N2. The number of hydrogen-bond acceptors (Lipinski definition) is 0. The van der Waals surface area contributed by atoms with Gasteiger partial charge in [0.05, 0.1) is 11.4 Å². The molecule has 0 aliphatic rings. The van der Waals surface area contributed by atoms with Crippen molar-refractivity contribution < 1.29 is 0 Å². The van der Waals surface area contributed by atoms with Gasteiger partial charge < -0.3 is 9.97 Å². The van der Waals surface area contributed by atoms with Crippen molar-refractivity contribution in [3.63, 3.8) is 0 Å². The van der Waals surface area contributed by atoms with Gasteiger partial charge in [-0.15, -0.1) is 0 Å². The van der Waals surface area contributed by atoms with Gasteiger partial charge in [-0.2, -0.15) is 0 Å². The molecule has 0 fully saturated rings. The van der Waals surface area contributed by atoms with E-state index in [1.54, 1.807) is 0 Å². The third-order valence-electron chi connectivity index (χ3n) is 3.52. The lowest BCUT2D eigenvalue weighted by molar-refractivity contribution is 1.42. The van der Waals surface area contributed by atoms with Crippen LogP contribution < -0.4 is 0 Å². The van der Waals surface area contributed by atoms with Crippen LogP contribution in [-0.4, -0.2) is 9.97 Å². The topological polar surface area (TPSA) is 31.6 Å². The van der Waals surface area contributed by atoms with Crippen molar-refractivity contribution in [2.45, 2.75) is 0 Å². The minimum Gasteiger partial charge on any atom is -0.348 e. The van der Waals surface area contributed by atoms with Crippen LogP contribution in [0, 0.1) is 23.7 Å². The number of fused-ring (bicyclic) bond motifs is 2. The fourth-order valence-electron chi connectivity index (χ4n) is 2.48. The number of aromatic nitrogens is 2. The molecule has 0 saturated heterocycles. The van der Waals surface area contributed by atoms with Gasteiger partial charge in [-0.1, -0.05) is 36.4 Å². The molecule has 4 rings (SSSR count). The highest BCUT2D eigenvalue weighted by Gasteiger charge is 1.96. The first-order valence-electron chi connectivity index (χ1n) is 7.06. The molecule has 2 heteroatoms. The zero-order valence-corrected chi connectivity index (χ0v) is 11.8. The van der Waals surface area contributed by atoms with Crippen molar-refractivity contribution in [3.8, 4) is 23.7 Å².